The quantitative estimate of drug-likeness (QED) is 0.869. The van der Waals surface area contributed by atoms with Crippen LogP contribution in [0.4, 0.5) is 4.79 Å². The van der Waals surface area contributed by atoms with Gasteiger partial charge in [0.05, 0.1) is 6.54 Å². The van der Waals surface area contributed by atoms with Crippen molar-refractivity contribution in [3.63, 3.8) is 0 Å². The summed E-state index contributed by atoms with van der Waals surface area (Å²) in [6, 6.07) is 7.46. The molecule has 1 aromatic rings. The van der Waals surface area contributed by atoms with E-state index in [1.807, 2.05) is 31.2 Å². The first-order valence-corrected chi connectivity index (χ1v) is 8.36. The van der Waals surface area contributed by atoms with Crippen LogP contribution in [0.5, 0.6) is 5.75 Å². The third kappa shape index (κ3) is 2.92. The molecule has 0 bridgehead atoms. The number of rotatable bonds is 4. The molecule has 1 aromatic carbocycles. The summed E-state index contributed by atoms with van der Waals surface area (Å²) < 4.78 is 5.65. The first kappa shape index (κ1) is 15.8. The van der Waals surface area contributed by atoms with E-state index >= 15 is 0 Å². The van der Waals surface area contributed by atoms with Crippen LogP contribution in [0.2, 0.25) is 0 Å². The van der Waals surface area contributed by atoms with Crippen molar-refractivity contribution in [2.24, 2.45) is 5.92 Å². The van der Waals surface area contributed by atoms with E-state index in [0.29, 0.717) is 6.61 Å². The lowest BCUT2D eigenvalue weighted by Crippen LogP contribution is -2.54. The topological polar surface area (TPSA) is 58.6 Å². The highest BCUT2D eigenvalue weighted by molar-refractivity contribution is 6.07. The van der Waals surface area contributed by atoms with Crippen molar-refractivity contribution in [3.05, 3.63) is 29.8 Å². The van der Waals surface area contributed by atoms with E-state index < -0.39 is 5.54 Å². The van der Waals surface area contributed by atoms with Crippen molar-refractivity contribution in [2.45, 2.75) is 45.1 Å². The molecule has 1 aliphatic carbocycles. The Hall–Kier alpha value is -2.04. The highest BCUT2D eigenvalue weighted by Gasteiger charge is 2.54. The number of carbonyl (C=O) groups is 2. The molecule has 1 saturated heterocycles. The lowest BCUT2D eigenvalue weighted by Gasteiger charge is -2.36. The maximum Gasteiger partial charge on any atom is 0.325 e. The average molecular weight is 316 g/mol. The summed E-state index contributed by atoms with van der Waals surface area (Å²) >= 11 is 0. The summed E-state index contributed by atoms with van der Waals surface area (Å²) in [7, 11) is 0. The largest absolute Gasteiger partial charge is 0.492 e. The smallest absolute Gasteiger partial charge is 0.325 e. The molecule has 5 nitrogen and oxygen atoms in total. The van der Waals surface area contributed by atoms with Crippen LogP contribution in [0.25, 0.3) is 0 Å². The lowest BCUT2D eigenvalue weighted by atomic mass is 9.73. The number of benzene rings is 1. The number of hydrogen-bond donors (Lipinski definition) is 1. The van der Waals surface area contributed by atoms with Crippen molar-refractivity contribution >= 4 is 11.9 Å². The fourth-order valence-corrected chi connectivity index (χ4v) is 3.59. The van der Waals surface area contributed by atoms with Crippen molar-refractivity contribution in [2.75, 3.05) is 13.2 Å². The Morgan fingerprint density at radius 3 is 2.70 bits per heavy atom. The van der Waals surface area contributed by atoms with Crippen molar-refractivity contribution in [1.29, 1.82) is 0 Å². The molecule has 1 spiro atoms. The molecule has 2 fully saturated rings. The van der Waals surface area contributed by atoms with Gasteiger partial charge in [-0.1, -0.05) is 37.5 Å². The standard InChI is InChI=1S/C18H24N2O3/c1-13-6-8-15(9-7-13)23-12-11-20-16(21)18(19-17(20)22)10-4-3-5-14(18)2/h6-9,14H,3-5,10-12H2,1-2H3,(H,19,22). The third-order valence-corrected chi connectivity index (χ3v) is 5.11. The molecule has 124 valence electrons. The summed E-state index contributed by atoms with van der Waals surface area (Å²) in [5.74, 6) is 0.862. The Kier molecular flexibility index (Phi) is 4.28. The molecule has 3 rings (SSSR count). The normalized spacial score (nSPS) is 27.4. The fraction of sp³-hybridized carbons (Fsp3) is 0.556. The van der Waals surface area contributed by atoms with Gasteiger partial charge in [-0.15, -0.1) is 0 Å². The first-order chi connectivity index (χ1) is 11.0. The van der Waals surface area contributed by atoms with Crippen molar-refractivity contribution in [1.82, 2.24) is 10.2 Å². The average Bonchev–Trinajstić information content (AvgIpc) is 2.77. The Morgan fingerprint density at radius 1 is 1.26 bits per heavy atom. The molecule has 2 aliphatic rings. The van der Waals surface area contributed by atoms with E-state index in [1.54, 1.807) is 0 Å². The minimum atomic E-state index is -0.681. The van der Waals surface area contributed by atoms with Gasteiger partial charge in [-0.25, -0.2) is 4.79 Å². The zero-order valence-electron chi connectivity index (χ0n) is 13.8. The number of hydrogen-bond acceptors (Lipinski definition) is 3. The van der Waals surface area contributed by atoms with E-state index in [1.165, 1.54) is 10.5 Å². The number of nitrogens with one attached hydrogen (secondary N) is 1. The third-order valence-electron chi connectivity index (χ3n) is 5.11. The number of carbonyl (C=O) groups excluding carboxylic acids is 2. The van der Waals surface area contributed by atoms with E-state index in [4.69, 9.17) is 4.74 Å². The Balaban J connectivity index is 1.61. The summed E-state index contributed by atoms with van der Waals surface area (Å²) in [5.41, 5.74) is 0.485. The number of aryl methyl sites for hydroxylation is 1. The zero-order valence-corrected chi connectivity index (χ0v) is 13.8. The molecule has 1 saturated carbocycles. The SMILES string of the molecule is Cc1ccc(OCCN2C(=O)NC3(CCCCC3C)C2=O)cc1. The van der Waals surface area contributed by atoms with Gasteiger partial charge < -0.3 is 10.1 Å². The van der Waals surface area contributed by atoms with Gasteiger partial charge in [0.25, 0.3) is 5.91 Å². The van der Waals surface area contributed by atoms with Gasteiger partial charge in [0.1, 0.15) is 17.9 Å². The fourth-order valence-electron chi connectivity index (χ4n) is 3.59. The second-order valence-corrected chi connectivity index (χ2v) is 6.67. The molecular weight excluding hydrogens is 292 g/mol. The molecule has 2 unspecified atom stereocenters. The van der Waals surface area contributed by atoms with Crippen molar-refractivity contribution < 1.29 is 14.3 Å². The van der Waals surface area contributed by atoms with Gasteiger partial charge in [-0.3, -0.25) is 9.69 Å². The molecule has 5 heteroatoms. The molecular formula is C18H24N2O3. The molecule has 2 atom stereocenters. The van der Waals surface area contributed by atoms with Crippen LogP contribution in [0, 0.1) is 12.8 Å². The van der Waals surface area contributed by atoms with Crippen LogP contribution in [0.1, 0.15) is 38.2 Å². The van der Waals surface area contributed by atoms with E-state index in [0.717, 1.165) is 31.4 Å². The number of ether oxygens (including phenoxy) is 1. The minimum Gasteiger partial charge on any atom is -0.492 e. The molecule has 23 heavy (non-hydrogen) atoms. The number of nitrogens with zero attached hydrogens (tertiary/aromatic N) is 1. The predicted octanol–water partition coefficient (Wildman–Crippen LogP) is 2.87. The van der Waals surface area contributed by atoms with Crippen molar-refractivity contribution in [3.8, 4) is 5.75 Å². The van der Waals surface area contributed by atoms with Crippen LogP contribution < -0.4 is 10.1 Å². The van der Waals surface area contributed by atoms with Gasteiger partial charge in [-0.05, 0) is 37.8 Å². The first-order valence-electron chi connectivity index (χ1n) is 8.36. The van der Waals surface area contributed by atoms with E-state index in [-0.39, 0.29) is 24.4 Å². The maximum atomic E-state index is 12.8. The van der Waals surface area contributed by atoms with Gasteiger partial charge in [0, 0.05) is 0 Å². The van der Waals surface area contributed by atoms with Crippen LogP contribution >= 0.6 is 0 Å². The monoisotopic (exact) mass is 316 g/mol. The lowest BCUT2D eigenvalue weighted by molar-refractivity contribution is -0.134. The van der Waals surface area contributed by atoms with Crippen LogP contribution in [-0.2, 0) is 4.79 Å². The number of imide groups is 1. The van der Waals surface area contributed by atoms with Gasteiger partial charge in [0.2, 0.25) is 0 Å². The van der Waals surface area contributed by atoms with Crippen LogP contribution in [0.3, 0.4) is 0 Å². The predicted molar refractivity (Wildman–Crippen MR) is 87.3 cm³/mol. The Morgan fingerprint density at radius 2 is 2.00 bits per heavy atom. The summed E-state index contributed by atoms with van der Waals surface area (Å²) in [6.45, 7) is 4.67. The molecule has 0 aromatic heterocycles. The second-order valence-electron chi connectivity index (χ2n) is 6.67. The summed E-state index contributed by atoms with van der Waals surface area (Å²) in [4.78, 5) is 26.3. The number of urea groups is 1. The Bertz CT molecular complexity index is 599. The summed E-state index contributed by atoms with van der Waals surface area (Å²) in [5, 5.41) is 2.96. The highest BCUT2D eigenvalue weighted by Crippen LogP contribution is 2.38. The van der Waals surface area contributed by atoms with Crippen LogP contribution in [0.15, 0.2) is 24.3 Å². The van der Waals surface area contributed by atoms with Crippen LogP contribution in [-0.4, -0.2) is 35.5 Å². The zero-order chi connectivity index (χ0) is 16.4. The Labute approximate surface area is 137 Å². The second kappa shape index (κ2) is 6.22. The van der Waals surface area contributed by atoms with Gasteiger partial charge >= 0.3 is 6.03 Å². The highest BCUT2D eigenvalue weighted by atomic mass is 16.5. The maximum absolute atomic E-state index is 12.8. The minimum absolute atomic E-state index is 0.0813. The van der Waals surface area contributed by atoms with E-state index in [9.17, 15) is 9.59 Å². The summed E-state index contributed by atoms with van der Waals surface area (Å²) in [6.07, 6.45) is 3.85. The molecule has 1 aliphatic heterocycles. The molecule has 1 heterocycles. The van der Waals surface area contributed by atoms with Gasteiger partial charge in [-0.2, -0.15) is 0 Å². The molecule has 0 radical (unpaired) electrons. The van der Waals surface area contributed by atoms with E-state index in [2.05, 4.69) is 12.2 Å². The molecule has 1 N–H and O–H groups in total. The molecule has 3 amide bonds. The van der Waals surface area contributed by atoms with Gasteiger partial charge in [0.15, 0.2) is 0 Å². The number of amides is 3.